The van der Waals surface area contributed by atoms with Gasteiger partial charge in [-0.2, -0.15) is 0 Å². The van der Waals surface area contributed by atoms with Crippen LogP contribution in [0.4, 0.5) is 0 Å². The van der Waals surface area contributed by atoms with Crippen LogP contribution in [-0.4, -0.2) is 20.8 Å². The molecule has 1 aromatic carbocycles. The molecule has 1 aliphatic carbocycles. The van der Waals surface area contributed by atoms with Crippen molar-refractivity contribution in [1.29, 1.82) is 0 Å². The van der Waals surface area contributed by atoms with Gasteiger partial charge in [0.2, 0.25) is 0 Å². The highest BCUT2D eigenvalue weighted by molar-refractivity contribution is 5.46. The Kier molecular flexibility index (Phi) is 3.57. The molecule has 2 rings (SSSR count). The first-order valence-corrected chi connectivity index (χ1v) is 6.09. The van der Waals surface area contributed by atoms with E-state index in [1.165, 1.54) is 12.8 Å². The molecule has 3 heteroatoms. The van der Waals surface area contributed by atoms with Crippen LogP contribution < -0.4 is 14.8 Å². The van der Waals surface area contributed by atoms with Crippen molar-refractivity contribution in [3.05, 3.63) is 23.8 Å². The molecule has 3 nitrogen and oxygen atoms in total. The van der Waals surface area contributed by atoms with E-state index in [2.05, 4.69) is 18.3 Å². The van der Waals surface area contributed by atoms with Gasteiger partial charge in [-0.3, -0.25) is 0 Å². The van der Waals surface area contributed by atoms with E-state index in [1.54, 1.807) is 14.2 Å². The molecule has 0 bridgehead atoms. The van der Waals surface area contributed by atoms with E-state index >= 15 is 0 Å². The number of para-hydroxylation sites is 1. The maximum Gasteiger partial charge on any atom is 0.165 e. The lowest BCUT2D eigenvalue weighted by Gasteiger charge is -2.14. The van der Waals surface area contributed by atoms with E-state index in [4.69, 9.17) is 9.47 Å². The largest absolute Gasteiger partial charge is 0.493 e. The van der Waals surface area contributed by atoms with Gasteiger partial charge in [-0.15, -0.1) is 0 Å². The van der Waals surface area contributed by atoms with Crippen LogP contribution in [0.3, 0.4) is 0 Å². The molecular formula is C14H21NO2. The van der Waals surface area contributed by atoms with E-state index in [9.17, 15) is 0 Å². The van der Waals surface area contributed by atoms with Gasteiger partial charge in [0.15, 0.2) is 11.5 Å². The van der Waals surface area contributed by atoms with E-state index in [0.717, 1.165) is 30.2 Å². The molecule has 1 aromatic rings. The molecule has 1 saturated carbocycles. The van der Waals surface area contributed by atoms with Gasteiger partial charge in [-0.05, 0) is 24.3 Å². The zero-order chi connectivity index (χ0) is 12.3. The van der Waals surface area contributed by atoms with Gasteiger partial charge in [0.25, 0.3) is 0 Å². The van der Waals surface area contributed by atoms with Crippen LogP contribution in [-0.2, 0) is 6.54 Å². The third-order valence-electron chi connectivity index (χ3n) is 3.46. The minimum Gasteiger partial charge on any atom is -0.493 e. The fraction of sp³-hybridized carbons (Fsp3) is 0.571. The topological polar surface area (TPSA) is 30.5 Å². The van der Waals surface area contributed by atoms with Crippen LogP contribution >= 0.6 is 0 Å². The van der Waals surface area contributed by atoms with Crippen molar-refractivity contribution in [1.82, 2.24) is 5.32 Å². The van der Waals surface area contributed by atoms with E-state index < -0.39 is 0 Å². The second kappa shape index (κ2) is 4.96. The van der Waals surface area contributed by atoms with Gasteiger partial charge in [-0.1, -0.05) is 19.1 Å². The van der Waals surface area contributed by atoms with Crippen molar-refractivity contribution in [2.24, 2.45) is 5.41 Å². The van der Waals surface area contributed by atoms with Crippen LogP contribution in [0.15, 0.2) is 18.2 Å². The highest BCUT2D eigenvalue weighted by Gasteiger charge is 2.36. The lowest BCUT2D eigenvalue weighted by Crippen LogP contribution is -2.21. The van der Waals surface area contributed by atoms with Crippen LogP contribution in [0.1, 0.15) is 25.3 Å². The predicted octanol–water partition coefficient (Wildman–Crippen LogP) is 2.59. The van der Waals surface area contributed by atoms with Crippen molar-refractivity contribution in [3.63, 3.8) is 0 Å². The molecule has 17 heavy (non-hydrogen) atoms. The van der Waals surface area contributed by atoms with Crippen LogP contribution in [0.5, 0.6) is 11.5 Å². The first kappa shape index (κ1) is 12.2. The second-order valence-electron chi connectivity index (χ2n) is 5.07. The van der Waals surface area contributed by atoms with Gasteiger partial charge < -0.3 is 14.8 Å². The summed E-state index contributed by atoms with van der Waals surface area (Å²) in [7, 11) is 3.35. The molecule has 0 amide bonds. The van der Waals surface area contributed by atoms with Crippen molar-refractivity contribution >= 4 is 0 Å². The molecular weight excluding hydrogens is 214 g/mol. The number of hydrogen-bond acceptors (Lipinski definition) is 3. The van der Waals surface area contributed by atoms with Gasteiger partial charge in [0, 0.05) is 18.7 Å². The van der Waals surface area contributed by atoms with Gasteiger partial charge in [0.1, 0.15) is 0 Å². The molecule has 1 aliphatic rings. The molecule has 0 saturated heterocycles. The summed E-state index contributed by atoms with van der Waals surface area (Å²) in [5.74, 6) is 1.63. The van der Waals surface area contributed by atoms with Crippen molar-refractivity contribution in [2.45, 2.75) is 26.3 Å². The average Bonchev–Trinajstić information content (AvgIpc) is 3.07. The minimum absolute atomic E-state index is 0.534. The summed E-state index contributed by atoms with van der Waals surface area (Å²) in [6, 6.07) is 5.99. The third kappa shape index (κ3) is 2.91. The quantitative estimate of drug-likeness (QED) is 0.822. The summed E-state index contributed by atoms with van der Waals surface area (Å²) in [5, 5.41) is 3.49. The first-order chi connectivity index (χ1) is 8.18. The first-order valence-electron chi connectivity index (χ1n) is 6.09. The Morgan fingerprint density at radius 1 is 1.24 bits per heavy atom. The molecule has 0 spiro atoms. The number of rotatable bonds is 6. The molecule has 0 aliphatic heterocycles. The minimum atomic E-state index is 0.534. The smallest absolute Gasteiger partial charge is 0.165 e. The highest BCUT2D eigenvalue weighted by Crippen LogP contribution is 2.44. The normalized spacial score (nSPS) is 16.6. The third-order valence-corrected chi connectivity index (χ3v) is 3.46. The molecule has 0 radical (unpaired) electrons. The summed E-state index contributed by atoms with van der Waals surface area (Å²) >= 11 is 0. The SMILES string of the molecule is COc1cccc(CNCC2(C)CC2)c1OC. The van der Waals surface area contributed by atoms with Gasteiger partial charge in [-0.25, -0.2) is 0 Å². The number of benzene rings is 1. The van der Waals surface area contributed by atoms with Crippen molar-refractivity contribution in [2.75, 3.05) is 20.8 Å². The highest BCUT2D eigenvalue weighted by atomic mass is 16.5. The Morgan fingerprint density at radius 2 is 2.00 bits per heavy atom. The van der Waals surface area contributed by atoms with Gasteiger partial charge in [0.05, 0.1) is 14.2 Å². The second-order valence-corrected chi connectivity index (χ2v) is 5.07. The number of hydrogen-bond donors (Lipinski definition) is 1. The lowest BCUT2D eigenvalue weighted by molar-refractivity contribution is 0.350. The fourth-order valence-electron chi connectivity index (χ4n) is 1.98. The predicted molar refractivity (Wildman–Crippen MR) is 68.6 cm³/mol. The molecule has 1 N–H and O–H groups in total. The molecule has 0 heterocycles. The fourth-order valence-corrected chi connectivity index (χ4v) is 1.98. The molecule has 0 atom stereocenters. The molecule has 1 fully saturated rings. The summed E-state index contributed by atoms with van der Waals surface area (Å²) in [4.78, 5) is 0. The number of methoxy groups -OCH3 is 2. The van der Waals surface area contributed by atoms with Crippen LogP contribution in [0.2, 0.25) is 0 Å². The Balaban J connectivity index is 1.99. The Hall–Kier alpha value is -1.22. The maximum absolute atomic E-state index is 5.40. The number of nitrogens with one attached hydrogen (secondary N) is 1. The Bertz CT molecular complexity index is 386. The molecule has 94 valence electrons. The van der Waals surface area contributed by atoms with Crippen molar-refractivity contribution in [3.8, 4) is 11.5 Å². The van der Waals surface area contributed by atoms with Crippen LogP contribution in [0.25, 0.3) is 0 Å². The van der Waals surface area contributed by atoms with E-state index in [-0.39, 0.29) is 0 Å². The van der Waals surface area contributed by atoms with Crippen LogP contribution in [0, 0.1) is 5.41 Å². The molecule has 0 unspecified atom stereocenters. The zero-order valence-corrected chi connectivity index (χ0v) is 10.9. The van der Waals surface area contributed by atoms with Gasteiger partial charge >= 0.3 is 0 Å². The van der Waals surface area contributed by atoms with Crippen molar-refractivity contribution < 1.29 is 9.47 Å². The lowest BCUT2D eigenvalue weighted by atomic mass is 10.1. The van der Waals surface area contributed by atoms with E-state index in [1.807, 2.05) is 12.1 Å². The summed E-state index contributed by atoms with van der Waals surface area (Å²) in [5.41, 5.74) is 1.68. The average molecular weight is 235 g/mol. The standard InChI is InChI=1S/C14H21NO2/c1-14(7-8-14)10-15-9-11-5-4-6-12(16-2)13(11)17-3/h4-6,15H,7-10H2,1-3H3. The zero-order valence-electron chi connectivity index (χ0n) is 10.9. The summed E-state index contributed by atoms with van der Waals surface area (Å²) in [6.45, 7) is 4.23. The Labute approximate surface area is 103 Å². The summed E-state index contributed by atoms with van der Waals surface area (Å²) in [6.07, 6.45) is 2.69. The Morgan fingerprint density at radius 3 is 2.59 bits per heavy atom. The molecule has 0 aromatic heterocycles. The van der Waals surface area contributed by atoms with E-state index in [0.29, 0.717) is 5.41 Å². The number of ether oxygens (including phenoxy) is 2. The maximum atomic E-state index is 5.40. The summed E-state index contributed by atoms with van der Waals surface area (Å²) < 4.78 is 10.7. The monoisotopic (exact) mass is 235 g/mol.